The van der Waals surface area contributed by atoms with Gasteiger partial charge in [-0.15, -0.1) is 0 Å². The Balaban J connectivity index is 1.95. The predicted molar refractivity (Wildman–Crippen MR) is 100 cm³/mol. The molecule has 24 heavy (non-hydrogen) atoms. The van der Waals surface area contributed by atoms with Gasteiger partial charge in [-0.05, 0) is 36.2 Å². The number of nitrogens with one attached hydrogen (secondary N) is 1. The highest BCUT2D eigenvalue weighted by molar-refractivity contribution is 6.33. The molecule has 4 aromatic rings. The van der Waals surface area contributed by atoms with Gasteiger partial charge in [-0.2, -0.15) is 0 Å². The number of rotatable bonds is 3. The van der Waals surface area contributed by atoms with Crippen molar-refractivity contribution in [2.24, 2.45) is 0 Å². The Labute approximate surface area is 144 Å². The Bertz CT molecular complexity index is 1060. The van der Waals surface area contributed by atoms with Crippen molar-refractivity contribution in [1.82, 2.24) is 14.4 Å². The van der Waals surface area contributed by atoms with Crippen LogP contribution in [0.4, 0.5) is 11.5 Å². The molecule has 0 unspecified atom stereocenters. The van der Waals surface area contributed by atoms with Gasteiger partial charge in [0.1, 0.15) is 5.52 Å². The fraction of sp³-hybridized carbons (Fsp3) is 0.0526. The summed E-state index contributed by atoms with van der Waals surface area (Å²) in [5, 5.41) is 4.03. The zero-order valence-electron chi connectivity index (χ0n) is 13.1. The average molecular weight is 335 g/mol. The van der Waals surface area contributed by atoms with Crippen LogP contribution in [0.15, 0.2) is 55.5 Å². The van der Waals surface area contributed by atoms with Crippen LogP contribution in [0.2, 0.25) is 5.02 Å². The zero-order valence-corrected chi connectivity index (χ0v) is 13.9. The normalized spacial score (nSPS) is 11.1. The maximum Gasteiger partial charge on any atom is 0.157 e. The van der Waals surface area contributed by atoms with Crippen LogP contribution in [-0.4, -0.2) is 14.4 Å². The van der Waals surface area contributed by atoms with E-state index in [4.69, 9.17) is 16.6 Å². The van der Waals surface area contributed by atoms with E-state index < -0.39 is 0 Å². The molecule has 4 nitrogen and oxygen atoms in total. The second kappa shape index (κ2) is 5.65. The van der Waals surface area contributed by atoms with E-state index in [1.54, 1.807) is 12.5 Å². The number of aromatic nitrogens is 3. The van der Waals surface area contributed by atoms with Gasteiger partial charge in [0.25, 0.3) is 0 Å². The van der Waals surface area contributed by atoms with Crippen LogP contribution in [0, 0.1) is 6.92 Å². The number of halogens is 1. The monoisotopic (exact) mass is 334 g/mol. The molecule has 0 aliphatic carbocycles. The number of nitrogens with zero attached hydrogens (tertiary/aromatic N) is 3. The molecule has 0 fully saturated rings. The number of aryl methyl sites for hydroxylation is 1. The summed E-state index contributed by atoms with van der Waals surface area (Å²) < 4.78 is 2.02. The van der Waals surface area contributed by atoms with E-state index >= 15 is 0 Å². The van der Waals surface area contributed by atoms with Crippen molar-refractivity contribution in [3.8, 4) is 0 Å². The van der Waals surface area contributed by atoms with E-state index in [0.717, 1.165) is 39.2 Å². The summed E-state index contributed by atoms with van der Waals surface area (Å²) in [4.78, 5) is 9.04. The number of benzene rings is 2. The minimum atomic E-state index is 0.663. The van der Waals surface area contributed by atoms with Gasteiger partial charge >= 0.3 is 0 Å². The lowest BCUT2D eigenvalue weighted by Gasteiger charge is -2.13. The zero-order chi connectivity index (χ0) is 16.7. The quantitative estimate of drug-likeness (QED) is 0.557. The van der Waals surface area contributed by atoms with Gasteiger partial charge in [-0.1, -0.05) is 42.5 Å². The molecule has 5 heteroatoms. The maximum atomic E-state index is 6.34. The first kappa shape index (κ1) is 14.7. The van der Waals surface area contributed by atoms with Crippen LogP contribution in [-0.2, 0) is 0 Å². The summed E-state index contributed by atoms with van der Waals surface area (Å²) in [5.41, 5.74) is 5.71. The lowest BCUT2D eigenvalue weighted by Crippen LogP contribution is -2.01. The van der Waals surface area contributed by atoms with E-state index in [1.807, 2.05) is 47.7 Å². The second-order valence-electron chi connectivity index (χ2n) is 5.62. The summed E-state index contributed by atoms with van der Waals surface area (Å²) >= 11 is 6.34. The SMILES string of the molecule is C=Cc1ccc2nc(Nc3c(C)cccc3Cl)c3cncn3c2c1. The fourth-order valence-electron chi connectivity index (χ4n) is 2.80. The van der Waals surface area contributed by atoms with Crippen LogP contribution in [0.5, 0.6) is 0 Å². The number of anilines is 2. The molecule has 0 spiro atoms. The van der Waals surface area contributed by atoms with Crippen LogP contribution < -0.4 is 5.32 Å². The standard InChI is InChI=1S/C19H15ClN4/c1-3-13-7-8-15-16(9-13)24-11-21-10-17(24)19(22-15)23-18-12(2)5-4-6-14(18)20/h3-11H,1H2,2H3,(H,22,23). The van der Waals surface area contributed by atoms with E-state index in [-0.39, 0.29) is 0 Å². The number of para-hydroxylation sites is 1. The van der Waals surface area contributed by atoms with Gasteiger partial charge < -0.3 is 5.32 Å². The van der Waals surface area contributed by atoms with E-state index in [1.165, 1.54) is 0 Å². The topological polar surface area (TPSA) is 42.2 Å². The Morgan fingerprint density at radius 1 is 1.21 bits per heavy atom. The number of hydrogen-bond donors (Lipinski definition) is 1. The van der Waals surface area contributed by atoms with Crippen molar-refractivity contribution >= 4 is 45.7 Å². The molecule has 0 aliphatic rings. The molecule has 4 rings (SSSR count). The number of fused-ring (bicyclic) bond motifs is 3. The summed E-state index contributed by atoms with van der Waals surface area (Å²) in [7, 11) is 0. The minimum Gasteiger partial charge on any atom is -0.337 e. The van der Waals surface area contributed by atoms with Gasteiger partial charge in [-0.25, -0.2) is 9.97 Å². The van der Waals surface area contributed by atoms with Crippen molar-refractivity contribution in [3.05, 3.63) is 71.7 Å². The summed E-state index contributed by atoms with van der Waals surface area (Å²) in [6, 6.07) is 11.8. The summed E-state index contributed by atoms with van der Waals surface area (Å²) in [6.07, 6.45) is 5.40. The Kier molecular flexibility index (Phi) is 3.47. The molecule has 0 radical (unpaired) electrons. The van der Waals surface area contributed by atoms with E-state index in [2.05, 4.69) is 22.9 Å². The predicted octanol–water partition coefficient (Wildman–Crippen LogP) is 5.23. The molecule has 1 N–H and O–H groups in total. The first-order valence-electron chi connectivity index (χ1n) is 7.58. The van der Waals surface area contributed by atoms with Crippen molar-refractivity contribution in [1.29, 1.82) is 0 Å². The number of hydrogen-bond acceptors (Lipinski definition) is 3. The van der Waals surface area contributed by atoms with Crippen LogP contribution in [0.3, 0.4) is 0 Å². The molecule has 2 heterocycles. The minimum absolute atomic E-state index is 0.663. The maximum absolute atomic E-state index is 6.34. The van der Waals surface area contributed by atoms with Gasteiger partial charge in [0.05, 0.1) is 34.3 Å². The third kappa shape index (κ3) is 2.32. The molecule has 118 valence electrons. The largest absolute Gasteiger partial charge is 0.337 e. The van der Waals surface area contributed by atoms with E-state index in [0.29, 0.717) is 5.02 Å². The van der Waals surface area contributed by atoms with Crippen molar-refractivity contribution in [2.45, 2.75) is 6.92 Å². The number of imidazole rings is 1. The van der Waals surface area contributed by atoms with E-state index in [9.17, 15) is 0 Å². The lowest BCUT2D eigenvalue weighted by atomic mass is 10.2. The Morgan fingerprint density at radius 2 is 2.08 bits per heavy atom. The van der Waals surface area contributed by atoms with Gasteiger partial charge in [0.15, 0.2) is 5.82 Å². The average Bonchev–Trinajstić information content (AvgIpc) is 3.08. The highest BCUT2D eigenvalue weighted by Gasteiger charge is 2.12. The molecular weight excluding hydrogens is 320 g/mol. The highest BCUT2D eigenvalue weighted by Crippen LogP contribution is 2.31. The van der Waals surface area contributed by atoms with Crippen LogP contribution >= 0.6 is 11.6 Å². The van der Waals surface area contributed by atoms with Crippen LogP contribution in [0.1, 0.15) is 11.1 Å². The summed E-state index contributed by atoms with van der Waals surface area (Å²) in [6.45, 7) is 5.84. The highest BCUT2D eigenvalue weighted by atomic mass is 35.5. The molecule has 0 atom stereocenters. The van der Waals surface area contributed by atoms with Crippen molar-refractivity contribution in [3.63, 3.8) is 0 Å². The lowest BCUT2D eigenvalue weighted by molar-refractivity contribution is 1.18. The molecule has 2 aromatic carbocycles. The molecule has 0 saturated heterocycles. The van der Waals surface area contributed by atoms with Gasteiger partial charge in [0, 0.05) is 0 Å². The van der Waals surface area contributed by atoms with Crippen molar-refractivity contribution < 1.29 is 0 Å². The third-order valence-corrected chi connectivity index (χ3v) is 4.39. The van der Waals surface area contributed by atoms with Gasteiger partial charge in [0.2, 0.25) is 0 Å². The van der Waals surface area contributed by atoms with Crippen LogP contribution in [0.25, 0.3) is 22.6 Å². The fourth-order valence-corrected chi connectivity index (χ4v) is 3.06. The third-order valence-electron chi connectivity index (χ3n) is 4.07. The Morgan fingerprint density at radius 3 is 2.88 bits per heavy atom. The summed E-state index contributed by atoms with van der Waals surface area (Å²) in [5.74, 6) is 0.725. The second-order valence-corrected chi connectivity index (χ2v) is 6.03. The molecule has 0 bridgehead atoms. The molecule has 0 aliphatic heterocycles. The molecule has 0 amide bonds. The van der Waals surface area contributed by atoms with Gasteiger partial charge in [-0.3, -0.25) is 4.40 Å². The molecular formula is C19H15ClN4. The van der Waals surface area contributed by atoms with Crippen molar-refractivity contribution in [2.75, 3.05) is 5.32 Å². The Hall–Kier alpha value is -2.85. The molecule has 2 aromatic heterocycles. The molecule has 0 saturated carbocycles. The first-order chi connectivity index (χ1) is 11.7. The smallest absolute Gasteiger partial charge is 0.157 e. The first-order valence-corrected chi connectivity index (χ1v) is 7.95.